The highest BCUT2D eigenvalue weighted by Crippen LogP contribution is 2.18. The molecule has 0 saturated carbocycles. The van der Waals surface area contributed by atoms with Crippen molar-refractivity contribution in [2.45, 2.75) is 44.3 Å². The van der Waals surface area contributed by atoms with E-state index in [1.54, 1.807) is 0 Å². The maximum absolute atomic E-state index is 11.0. The summed E-state index contributed by atoms with van der Waals surface area (Å²) in [5.41, 5.74) is 5.89. The maximum Gasteiger partial charge on any atom is 0.220 e. The summed E-state index contributed by atoms with van der Waals surface area (Å²) in [7, 11) is 0. The largest absolute Gasteiger partial charge is 0.352 e. The molecule has 3 N–H and O–H groups in total. The summed E-state index contributed by atoms with van der Waals surface area (Å²) in [6.45, 7) is 4.16. The fourth-order valence-electron chi connectivity index (χ4n) is 2.49. The van der Waals surface area contributed by atoms with Crippen molar-refractivity contribution in [1.29, 1.82) is 0 Å². The molecule has 4 nitrogen and oxygen atoms in total. The lowest BCUT2D eigenvalue weighted by molar-refractivity contribution is -0.119. The zero-order valence-corrected chi connectivity index (χ0v) is 8.70. The molecule has 2 aliphatic heterocycles. The van der Waals surface area contributed by atoms with Gasteiger partial charge in [-0.05, 0) is 19.8 Å². The molecule has 2 saturated heterocycles. The summed E-state index contributed by atoms with van der Waals surface area (Å²) >= 11 is 0. The third-order valence-electron chi connectivity index (χ3n) is 3.28. The van der Waals surface area contributed by atoms with Gasteiger partial charge in [-0.1, -0.05) is 0 Å². The lowest BCUT2D eigenvalue weighted by Gasteiger charge is -2.24. The van der Waals surface area contributed by atoms with Crippen molar-refractivity contribution in [1.82, 2.24) is 10.2 Å². The summed E-state index contributed by atoms with van der Waals surface area (Å²) < 4.78 is 0. The van der Waals surface area contributed by atoms with Gasteiger partial charge >= 0.3 is 0 Å². The molecular formula is C10H19N3O. The van der Waals surface area contributed by atoms with E-state index in [4.69, 9.17) is 5.73 Å². The summed E-state index contributed by atoms with van der Waals surface area (Å²) in [4.78, 5) is 13.4. The number of nitrogens with one attached hydrogen (secondary N) is 1. The van der Waals surface area contributed by atoms with E-state index >= 15 is 0 Å². The number of hydrogen-bond acceptors (Lipinski definition) is 3. The molecule has 3 unspecified atom stereocenters. The van der Waals surface area contributed by atoms with Gasteiger partial charge in [-0.25, -0.2) is 0 Å². The normalized spacial score (nSPS) is 39.0. The SMILES string of the molecule is CC1CC(N)CN1CC1CCC(=O)N1. The summed E-state index contributed by atoms with van der Waals surface area (Å²) in [6.07, 6.45) is 2.76. The Bertz CT molecular complexity index is 231. The monoisotopic (exact) mass is 197 g/mol. The third-order valence-corrected chi connectivity index (χ3v) is 3.28. The minimum absolute atomic E-state index is 0.200. The van der Waals surface area contributed by atoms with Gasteiger partial charge < -0.3 is 11.1 Å². The molecule has 4 heteroatoms. The molecule has 0 aromatic heterocycles. The zero-order valence-electron chi connectivity index (χ0n) is 8.70. The van der Waals surface area contributed by atoms with Gasteiger partial charge in [0.1, 0.15) is 0 Å². The molecule has 0 aliphatic carbocycles. The predicted octanol–water partition coefficient (Wildman–Crippen LogP) is -0.313. The van der Waals surface area contributed by atoms with Crippen LogP contribution in [-0.2, 0) is 4.79 Å². The highest BCUT2D eigenvalue weighted by Gasteiger charge is 2.30. The number of amides is 1. The van der Waals surface area contributed by atoms with E-state index < -0.39 is 0 Å². The van der Waals surface area contributed by atoms with Gasteiger partial charge in [0.15, 0.2) is 0 Å². The number of nitrogens with two attached hydrogens (primary N) is 1. The third kappa shape index (κ3) is 2.07. The Morgan fingerprint density at radius 2 is 2.43 bits per heavy atom. The van der Waals surface area contributed by atoms with E-state index in [-0.39, 0.29) is 5.91 Å². The van der Waals surface area contributed by atoms with Gasteiger partial charge in [-0.2, -0.15) is 0 Å². The predicted molar refractivity (Wildman–Crippen MR) is 54.8 cm³/mol. The van der Waals surface area contributed by atoms with E-state index in [1.165, 1.54) is 0 Å². The smallest absolute Gasteiger partial charge is 0.220 e. The van der Waals surface area contributed by atoms with Crippen LogP contribution in [0.4, 0.5) is 0 Å². The van der Waals surface area contributed by atoms with Gasteiger partial charge in [0.2, 0.25) is 5.91 Å². The summed E-state index contributed by atoms with van der Waals surface area (Å²) in [5, 5.41) is 2.99. The first-order chi connectivity index (χ1) is 6.65. The second kappa shape index (κ2) is 3.87. The number of hydrogen-bond donors (Lipinski definition) is 2. The Labute approximate surface area is 84.8 Å². The lowest BCUT2D eigenvalue weighted by atomic mass is 10.2. The fraction of sp³-hybridized carbons (Fsp3) is 0.900. The van der Waals surface area contributed by atoms with Crippen molar-refractivity contribution in [3.63, 3.8) is 0 Å². The van der Waals surface area contributed by atoms with Crippen molar-refractivity contribution in [3.05, 3.63) is 0 Å². The van der Waals surface area contributed by atoms with Crippen LogP contribution in [-0.4, -0.2) is 42.0 Å². The maximum atomic E-state index is 11.0. The lowest BCUT2D eigenvalue weighted by Crippen LogP contribution is -2.40. The van der Waals surface area contributed by atoms with E-state index in [9.17, 15) is 4.79 Å². The number of carbonyl (C=O) groups is 1. The number of likely N-dealkylation sites (tertiary alicyclic amines) is 1. The molecule has 3 atom stereocenters. The zero-order chi connectivity index (χ0) is 10.1. The first-order valence-electron chi connectivity index (χ1n) is 5.44. The molecule has 0 aromatic carbocycles. The number of nitrogens with zero attached hydrogens (tertiary/aromatic N) is 1. The minimum atomic E-state index is 0.200. The molecule has 0 radical (unpaired) electrons. The van der Waals surface area contributed by atoms with Gasteiger partial charge in [-0.15, -0.1) is 0 Å². The second-order valence-electron chi connectivity index (χ2n) is 4.60. The van der Waals surface area contributed by atoms with Gasteiger partial charge in [0, 0.05) is 37.6 Å². The molecule has 80 valence electrons. The van der Waals surface area contributed by atoms with Gasteiger partial charge in [0.25, 0.3) is 0 Å². The van der Waals surface area contributed by atoms with E-state index in [0.29, 0.717) is 24.5 Å². The van der Waals surface area contributed by atoms with Crippen LogP contribution in [0.2, 0.25) is 0 Å². The molecule has 1 amide bonds. The van der Waals surface area contributed by atoms with Crippen LogP contribution in [0.25, 0.3) is 0 Å². The van der Waals surface area contributed by atoms with Crippen molar-refractivity contribution in [3.8, 4) is 0 Å². The Morgan fingerprint density at radius 1 is 1.64 bits per heavy atom. The minimum Gasteiger partial charge on any atom is -0.352 e. The van der Waals surface area contributed by atoms with Crippen molar-refractivity contribution in [2.75, 3.05) is 13.1 Å². The molecule has 2 rings (SSSR count). The molecule has 0 aromatic rings. The van der Waals surface area contributed by atoms with Gasteiger partial charge in [0.05, 0.1) is 0 Å². The Balaban J connectivity index is 1.82. The average Bonchev–Trinajstić information content (AvgIpc) is 2.61. The van der Waals surface area contributed by atoms with Crippen LogP contribution >= 0.6 is 0 Å². The molecular weight excluding hydrogens is 178 g/mol. The van der Waals surface area contributed by atoms with Crippen LogP contribution < -0.4 is 11.1 Å². The molecule has 14 heavy (non-hydrogen) atoms. The van der Waals surface area contributed by atoms with Crippen LogP contribution in [0.5, 0.6) is 0 Å². The Kier molecular flexibility index (Phi) is 2.74. The number of rotatable bonds is 2. The van der Waals surface area contributed by atoms with E-state index in [1.807, 2.05) is 0 Å². The first-order valence-corrected chi connectivity index (χ1v) is 5.44. The molecule has 0 spiro atoms. The topological polar surface area (TPSA) is 58.4 Å². The molecule has 2 heterocycles. The molecule has 0 bridgehead atoms. The quantitative estimate of drug-likeness (QED) is 0.638. The average molecular weight is 197 g/mol. The Hall–Kier alpha value is -0.610. The van der Waals surface area contributed by atoms with Crippen LogP contribution in [0.15, 0.2) is 0 Å². The highest BCUT2D eigenvalue weighted by atomic mass is 16.1. The van der Waals surface area contributed by atoms with Crippen molar-refractivity contribution in [2.24, 2.45) is 5.73 Å². The second-order valence-corrected chi connectivity index (χ2v) is 4.60. The molecule has 2 fully saturated rings. The van der Waals surface area contributed by atoms with E-state index in [0.717, 1.165) is 25.9 Å². The van der Waals surface area contributed by atoms with E-state index in [2.05, 4.69) is 17.1 Å². The summed E-state index contributed by atoms with van der Waals surface area (Å²) in [6, 6.07) is 1.25. The van der Waals surface area contributed by atoms with Crippen LogP contribution in [0.3, 0.4) is 0 Å². The fourth-order valence-corrected chi connectivity index (χ4v) is 2.49. The Morgan fingerprint density at radius 3 is 2.93 bits per heavy atom. The highest BCUT2D eigenvalue weighted by molar-refractivity contribution is 5.78. The first kappa shape index (κ1) is 9.93. The van der Waals surface area contributed by atoms with Gasteiger partial charge in [-0.3, -0.25) is 9.69 Å². The molecule has 2 aliphatic rings. The standard InChI is InChI=1S/C10H19N3O/c1-7-4-8(11)5-13(7)6-9-2-3-10(14)12-9/h7-9H,2-6,11H2,1H3,(H,12,14). The van der Waals surface area contributed by atoms with Crippen LogP contribution in [0.1, 0.15) is 26.2 Å². The summed E-state index contributed by atoms with van der Waals surface area (Å²) in [5.74, 6) is 0.200. The van der Waals surface area contributed by atoms with Crippen LogP contribution in [0, 0.1) is 0 Å². The van der Waals surface area contributed by atoms with Crippen molar-refractivity contribution < 1.29 is 4.79 Å². The van der Waals surface area contributed by atoms with Crippen molar-refractivity contribution >= 4 is 5.91 Å². The number of carbonyl (C=O) groups excluding carboxylic acids is 1.